The van der Waals surface area contributed by atoms with Gasteiger partial charge in [0.05, 0.1) is 4.44 Å². The molecule has 0 aromatic heterocycles. The fourth-order valence-corrected chi connectivity index (χ4v) is 11.5. The van der Waals surface area contributed by atoms with E-state index in [4.69, 9.17) is 11.8 Å². The van der Waals surface area contributed by atoms with Crippen molar-refractivity contribution in [2.45, 2.75) is 24.7 Å². The smallest absolute Gasteiger partial charge is 0.0895 e. The third kappa shape index (κ3) is 4.66. The molecule has 1 atom stereocenters. The summed E-state index contributed by atoms with van der Waals surface area (Å²) in [5.41, 5.74) is 0. The average Bonchev–Trinajstić information content (AvgIpc) is 2.49. The number of hydrogen-bond acceptors (Lipinski definition) is 3. The highest BCUT2D eigenvalue weighted by Gasteiger charge is 2.21. The molecule has 0 aliphatic carbocycles. The lowest BCUT2D eigenvalue weighted by Gasteiger charge is -2.21. The molecule has 20 heavy (non-hydrogen) atoms. The molecule has 0 heterocycles. The minimum atomic E-state index is -1.66. The van der Waals surface area contributed by atoms with Gasteiger partial charge in [-0.25, -0.2) is 0 Å². The third-order valence-corrected chi connectivity index (χ3v) is 13.3. The maximum atomic E-state index is 6.10. The van der Waals surface area contributed by atoms with E-state index in [9.17, 15) is 0 Å². The van der Waals surface area contributed by atoms with E-state index in [1.807, 2.05) is 22.8 Å². The van der Waals surface area contributed by atoms with Crippen LogP contribution >= 0.6 is 27.2 Å². The van der Waals surface area contributed by atoms with Gasteiger partial charge in [0, 0.05) is 10.2 Å². The van der Waals surface area contributed by atoms with Crippen molar-refractivity contribution in [1.29, 1.82) is 0 Å². The molecule has 0 saturated heterocycles. The zero-order chi connectivity index (χ0) is 14.3. The largest absolute Gasteiger partial charge is 0.109 e. The van der Waals surface area contributed by atoms with E-state index in [2.05, 4.69) is 67.6 Å². The van der Waals surface area contributed by atoms with Crippen LogP contribution in [0.15, 0.2) is 65.6 Å². The molecule has 0 amide bonds. The summed E-state index contributed by atoms with van der Waals surface area (Å²) in [6.07, 6.45) is 2.47. The fourth-order valence-electron chi connectivity index (χ4n) is 1.71. The molecule has 2 aromatic rings. The van der Waals surface area contributed by atoms with Gasteiger partial charge in [-0.05, 0) is 24.3 Å². The molecule has 0 saturated carbocycles. The Morgan fingerprint density at radius 2 is 1.55 bits per heavy atom. The van der Waals surface area contributed by atoms with Crippen LogP contribution in [0.4, 0.5) is 0 Å². The van der Waals surface area contributed by atoms with Gasteiger partial charge in [0.2, 0.25) is 0 Å². The summed E-state index contributed by atoms with van der Waals surface area (Å²) in [4.78, 5) is 1.28. The zero-order valence-electron chi connectivity index (χ0n) is 11.6. The normalized spacial score (nSPS) is 13.8. The molecule has 1 unspecified atom stereocenters. The Bertz CT molecular complexity index is 554. The standard InChI is InChI=1S/C16H19PS3/c1-2-3-14-19-17(18,15-10-6-4-7-11-15)20-16-12-8-5-9-13-16/h4-13H,2-3,14H2,1H3. The average molecular weight is 339 g/mol. The number of rotatable bonds is 7. The summed E-state index contributed by atoms with van der Waals surface area (Å²) in [6, 6.07) is 21.2. The first-order valence-corrected chi connectivity index (χ1v) is 12.6. The Labute approximate surface area is 135 Å². The molecular weight excluding hydrogens is 319 g/mol. The van der Waals surface area contributed by atoms with E-state index in [1.54, 1.807) is 0 Å². The van der Waals surface area contributed by atoms with E-state index < -0.39 is 4.44 Å². The van der Waals surface area contributed by atoms with Gasteiger partial charge in [-0.3, -0.25) is 0 Å². The maximum absolute atomic E-state index is 6.10. The predicted octanol–water partition coefficient (Wildman–Crippen LogP) is 5.95. The molecular formula is C16H19PS3. The van der Waals surface area contributed by atoms with E-state index >= 15 is 0 Å². The first-order valence-electron chi connectivity index (χ1n) is 6.79. The van der Waals surface area contributed by atoms with Crippen molar-refractivity contribution in [3.05, 3.63) is 60.7 Å². The van der Waals surface area contributed by atoms with Crippen LogP contribution in [0.5, 0.6) is 0 Å². The van der Waals surface area contributed by atoms with Crippen LogP contribution < -0.4 is 5.30 Å². The van der Waals surface area contributed by atoms with Gasteiger partial charge in [0.1, 0.15) is 0 Å². The summed E-state index contributed by atoms with van der Waals surface area (Å²) < 4.78 is -1.66. The number of benzene rings is 2. The van der Waals surface area contributed by atoms with Crippen LogP contribution in [-0.2, 0) is 11.8 Å². The van der Waals surface area contributed by atoms with Crippen LogP contribution in [0.2, 0.25) is 0 Å². The molecule has 0 radical (unpaired) electrons. The van der Waals surface area contributed by atoms with E-state index in [1.165, 1.54) is 23.0 Å². The molecule has 0 nitrogen and oxygen atoms in total. The molecule has 0 fully saturated rings. The summed E-state index contributed by atoms with van der Waals surface area (Å²) in [7, 11) is 0. The van der Waals surface area contributed by atoms with Gasteiger partial charge in [0.25, 0.3) is 0 Å². The monoisotopic (exact) mass is 338 g/mol. The number of unbranched alkanes of at least 4 members (excludes halogenated alkanes) is 1. The van der Waals surface area contributed by atoms with Gasteiger partial charge in [0.15, 0.2) is 0 Å². The van der Waals surface area contributed by atoms with Crippen molar-refractivity contribution >= 4 is 44.3 Å². The predicted molar refractivity (Wildman–Crippen MR) is 100 cm³/mol. The molecule has 2 aromatic carbocycles. The van der Waals surface area contributed by atoms with Crippen molar-refractivity contribution in [1.82, 2.24) is 0 Å². The van der Waals surface area contributed by atoms with Crippen molar-refractivity contribution < 1.29 is 0 Å². The van der Waals surface area contributed by atoms with Crippen molar-refractivity contribution in [2.24, 2.45) is 0 Å². The van der Waals surface area contributed by atoms with Crippen molar-refractivity contribution in [2.75, 3.05) is 5.75 Å². The topological polar surface area (TPSA) is 0 Å². The van der Waals surface area contributed by atoms with E-state index in [0.717, 1.165) is 5.75 Å². The second-order valence-electron chi connectivity index (χ2n) is 4.42. The Balaban J connectivity index is 2.22. The summed E-state index contributed by atoms with van der Waals surface area (Å²) in [6.45, 7) is 2.23. The Hall–Kier alpha value is -0.210. The van der Waals surface area contributed by atoms with E-state index in [-0.39, 0.29) is 0 Å². The van der Waals surface area contributed by atoms with Crippen LogP contribution in [0.1, 0.15) is 19.8 Å². The number of hydrogen-bond donors (Lipinski definition) is 0. The maximum Gasteiger partial charge on any atom is 0.0895 e. The highest BCUT2D eigenvalue weighted by molar-refractivity contribution is 9.02. The van der Waals surface area contributed by atoms with Gasteiger partial charge >= 0.3 is 0 Å². The Morgan fingerprint density at radius 1 is 0.950 bits per heavy atom. The van der Waals surface area contributed by atoms with Gasteiger partial charge < -0.3 is 0 Å². The highest BCUT2D eigenvalue weighted by atomic mass is 33.2. The van der Waals surface area contributed by atoms with Gasteiger partial charge in [-0.2, -0.15) is 0 Å². The third-order valence-electron chi connectivity index (χ3n) is 2.80. The first kappa shape index (κ1) is 16.2. The molecule has 106 valence electrons. The van der Waals surface area contributed by atoms with Crippen LogP contribution in [0.3, 0.4) is 0 Å². The second-order valence-corrected chi connectivity index (χ2v) is 15.6. The lowest BCUT2D eigenvalue weighted by atomic mass is 10.4. The molecule has 0 aliphatic heterocycles. The highest BCUT2D eigenvalue weighted by Crippen LogP contribution is 2.70. The minimum absolute atomic E-state index is 1.16. The van der Waals surface area contributed by atoms with Crippen LogP contribution in [0.25, 0.3) is 0 Å². The minimum Gasteiger partial charge on any atom is -0.109 e. The molecule has 0 aliphatic rings. The second kappa shape index (κ2) is 8.29. The molecule has 4 heteroatoms. The summed E-state index contributed by atoms with van der Waals surface area (Å²) >= 11 is 9.97. The Kier molecular flexibility index (Phi) is 6.70. The first-order chi connectivity index (χ1) is 9.74. The zero-order valence-corrected chi connectivity index (χ0v) is 14.9. The molecule has 0 N–H and O–H groups in total. The SMILES string of the molecule is CCCCSP(=S)(Sc1ccccc1)c1ccccc1. The Morgan fingerprint density at radius 3 is 2.15 bits per heavy atom. The molecule has 2 rings (SSSR count). The van der Waals surface area contributed by atoms with Crippen molar-refractivity contribution in [3.8, 4) is 0 Å². The summed E-state index contributed by atoms with van der Waals surface area (Å²) in [5, 5.41) is 1.32. The van der Waals surface area contributed by atoms with Crippen LogP contribution in [-0.4, -0.2) is 5.75 Å². The van der Waals surface area contributed by atoms with Crippen LogP contribution in [0, 0.1) is 0 Å². The molecule has 0 bridgehead atoms. The summed E-state index contributed by atoms with van der Waals surface area (Å²) in [5.74, 6) is 1.16. The fraction of sp³-hybridized carbons (Fsp3) is 0.250. The lowest BCUT2D eigenvalue weighted by Crippen LogP contribution is -1.99. The lowest BCUT2D eigenvalue weighted by molar-refractivity contribution is 0.898. The van der Waals surface area contributed by atoms with Crippen molar-refractivity contribution in [3.63, 3.8) is 0 Å². The molecule has 0 spiro atoms. The van der Waals surface area contributed by atoms with Gasteiger partial charge in [-0.1, -0.05) is 85.1 Å². The van der Waals surface area contributed by atoms with Gasteiger partial charge in [-0.15, -0.1) is 11.4 Å². The quantitative estimate of drug-likeness (QED) is 0.452. The van der Waals surface area contributed by atoms with E-state index in [0.29, 0.717) is 0 Å².